The summed E-state index contributed by atoms with van der Waals surface area (Å²) in [7, 11) is 0. The Morgan fingerprint density at radius 3 is 2.78 bits per heavy atom. The first-order valence-corrected chi connectivity index (χ1v) is 8.44. The van der Waals surface area contributed by atoms with Gasteiger partial charge in [-0.25, -0.2) is 0 Å². The van der Waals surface area contributed by atoms with Crippen LogP contribution in [0.1, 0.15) is 38.2 Å². The number of rotatable bonds is 7. The fourth-order valence-electron chi connectivity index (χ4n) is 2.74. The second-order valence-electron chi connectivity index (χ2n) is 6.45. The van der Waals surface area contributed by atoms with Gasteiger partial charge in [-0.05, 0) is 43.0 Å². The Hall–Kier alpha value is -1.59. The highest BCUT2D eigenvalue weighted by atomic mass is 16.5. The number of aliphatic hydroxyl groups excluding tert-OH is 1. The molecule has 1 atom stereocenters. The number of piperidine rings is 1. The number of benzene rings is 1. The normalized spacial score (nSPS) is 18.9. The van der Waals surface area contributed by atoms with Gasteiger partial charge in [0.2, 0.25) is 5.91 Å². The third-order valence-electron chi connectivity index (χ3n) is 4.09. The quantitative estimate of drug-likeness (QED) is 0.752. The minimum atomic E-state index is -0.298. The molecule has 1 aliphatic rings. The minimum absolute atomic E-state index is 0.0159. The number of amides is 1. The third kappa shape index (κ3) is 6.20. The SMILES string of the molecule is CC(C)c1ccc(OCCNC(=O)CN2CCCC(O)C2)cc1. The second-order valence-corrected chi connectivity index (χ2v) is 6.45. The smallest absolute Gasteiger partial charge is 0.234 e. The molecule has 1 saturated heterocycles. The van der Waals surface area contributed by atoms with Gasteiger partial charge in [-0.2, -0.15) is 0 Å². The molecule has 0 radical (unpaired) electrons. The summed E-state index contributed by atoms with van der Waals surface area (Å²) in [5.74, 6) is 1.32. The van der Waals surface area contributed by atoms with Gasteiger partial charge in [0, 0.05) is 6.54 Å². The first-order chi connectivity index (χ1) is 11.0. The van der Waals surface area contributed by atoms with E-state index < -0.39 is 0 Å². The number of carbonyl (C=O) groups excluding carboxylic acids is 1. The number of likely N-dealkylation sites (tertiary alicyclic amines) is 1. The van der Waals surface area contributed by atoms with Crippen LogP contribution in [0.25, 0.3) is 0 Å². The van der Waals surface area contributed by atoms with Crippen LogP contribution in [0.3, 0.4) is 0 Å². The van der Waals surface area contributed by atoms with Crippen LogP contribution >= 0.6 is 0 Å². The standard InChI is InChI=1S/C18H28N2O3/c1-14(2)15-5-7-17(8-6-15)23-11-9-19-18(22)13-20-10-3-4-16(21)12-20/h5-8,14,16,21H,3-4,9-13H2,1-2H3,(H,19,22). The van der Waals surface area contributed by atoms with Crippen molar-refractivity contribution < 1.29 is 14.6 Å². The lowest BCUT2D eigenvalue weighted by Crippen LogP contribution is -2.44. The molecule has 0 saturated carbocycles. The van der Waals surface area contributed by atoms with Crippen molar-refractivity contribution >= 4 is 5.91 Å². The van der Waals surface area contributed by atoms with Gasteiger partial charge in [0.05, 0.1) is 19.2 Å². The third-order valence-corrected chi connectivity index (χ3v) is 4.09. The molecule has 1 amide bonds. The molecule has 0 spiro atoms. The summed E-state index contributed by atoms with van der Waals surface area (Å²) < 4.78 is 5.63. The van der Waals surface area contributed by atoms with E-state index in [-0.39, 0.29) is 12.0 Å². The Bertz CT molecular complexity index is 488. The number of nitrogens with zero attached hydrogens (tertiary/aromatic N) is 1. The van der Waals surface area contributed by atoms with E-state index in [1.54, 1.807) is 0 Å². The van der Waals surface area contributed by atoms with Crippen LogP contribution in [-0.4, -0.2) is 54.8 Å². The highest BCUT2D eigenvalue weighted by Gasteiger charge is 2.19. The fraction of sp³-hybridized carbons (Fsp3) is 0.611. The van der Waals surface area contributed by atoms with Crippen LogP contribution < -0.4 is 10.1 Å². The van der Waals surface area contributed by atoms with Crippen molar-refractivity contribution in [2.24, 2.45) is 0 Å². The number of β-amino-alcohol motifs (C(OH)–C–C–N with tert-alkyl or cyclic N) is 1. The van der Waals surface area contributed by atoms with Gasteiger partial charge in [0.15, 0.2) is 0 Å². The zero-order valence-electron chi connectivity index (χ0n) is 14.1. The van der Waals surface area contributed by atoms with Gasteiger partial charge in [-0.1, -0.05) is 26.0 Å². The molecule has 0 aromatic heterocycles. The van der Waals surface area contributed by atoms with Crippen LogP contribution in [0.15, 0.2) is 24.3 Å². The molecule has 23 heavy (non-hydrogen) atoms. The maximum Gasteiger partial charge on any atom is 0.234 e. The first-order valence-electron chi connectivity index (χ1n) is 8.44. The van der Waals surface area contributed by atoms with E-state index >= 15 is 0 Å². The average molecular weight is 320 g/mol. The largest absolute Gasteiger partial charge is 0.492 e. The van der Waals surface area contributed by atoms with E-state index in [1.165, 1.54) is 5.56 Å². The number of hydrogen-bond acceptors (Lipinski definition) is 4. The van der Waals surface area contributed by atoms with Gasteiger partial charge < -0.3 is 15.2 Å². The summed E-state index contributed by atoms with van der Waals surface area (Å²) in [6, 6.07) is 8.07. The van der Waals surface area contributed by atoms with Crippen LogP contribution in [-0.2, 0) is 4.79 Å². The molecule has 0 bridgehead atoms. The van der Waals surface area contributed by atoms with E-state index in [0.717, 1.165) is 25.1 Å². The molecular formula is C18H28N2O3. The van der Waals surface area contributed by atoms with E-state index in [1.807, 2.05) is 17.0 Å². The average Bonchev–Trinajstić information content (AvgIpc) is 2.52. The summed E-state index contributed by atoms with van der Waals surface area (Å²) in [4.78, 5) is 13.9. The van der Waals surface area contributed by atoms with E-state index in [2.05, 4.69) is 31.3 Å². The van der Waals surface area contributed by atoms with Gasteiger partial charge >= 0.3 is 0 Å². The van der Waals surface area contributed by atoms with Crippen LogP contribution in [0.2, 0.25) is 0 Å². The van der Waals surface area contributed by atoms with Crippen molar-refractivity contribution in [3.63, 3.8) is 0 Å². The number of ether oxygens (including phenoxy) is 1. The molecule has 5 nitrogen and oxygen atoms in total. The lowest BCUT2D eigenvalue weighted by atomic mass is 10.0. The second kappa shape index (κ2) is 8.89. The predicted molar refractivity (Wildman–Crippen MR) is 90.7 cm³/mol. The molecule has 0 aliphatic carbocycles. The highest BCUT2D eigenvalue weighted by molar-refractivity contribution is 5.78. The summed E-state index contributed by atoms with van der Waals surface area (Å²) in [6.07, 6.45) is 1.49. The zero-order chi connectivity index (χ0) is 16.7. The molecule has 2 rings (SSSR count). The van der Waals surface area contributed by atoms with Crippen molar-refractivity contribution in [3.05, 3.63) is 29.8 Å². The summed E-state index contributed by atoms with van der Waals surface area (Å²) in [5, 5.41) is 12.5. The zero-order valence-corrected chi connectivity index (χ0v) is 14.1. The van der Waals surface area contributed by atoms with Crippen molar-refractivity contribution in [2.75, 3.05) is 32.8 Å². The molecule has 5 heteroatoms. The molecule has 1 fully saturated rings. The summed E-state index contributed by atoms with van der Waals surface area (Å²) >= 11 is 0. The van der Waals surface area contributed by atoms with Crippen LogP contribution in [0.4, 0.5) is 0 Å². The lowest BCUT2D eigenvalue weighted by Gasteiger charge is -2.29. The molecule has 1 aromatic carbocycles. The van der Waals surface area contributed by atoms with Crippen molar-refractivity contribution in [3.8, 4) is 5.75 Å². The van der Waals surface area contributed by atoms with E-state index in [9.17, 15) is 9.90 Å². The maximum atomic E-state index is 11.9. The minimum Gasteiger partial charge on any atom is -0.492 e. The molecule has 2 N–H and O–H groups in total. The number of carbonyl (C=O) groups is 1. The number of hydrogen-bond donors (Lipinski definition) is 2. The van der Waals surface area contributed by atoms with Crippen LogP contribution in [0.5, 0.6) is 5.75 Å². The van der Waals surface area contributed by atoms with Gasteiger partial charge in [0.25, 0.3) is 0 Å². The lowest BCUT2D eigenvalue weighted by molar-refractivity contribution is -0.123. The van der Waals surface area contributed by atoms with Crippen molar-refractivity contribution in [2.45, 2.75) is 38.7 Å². The molecule has 1 aliphatic heterocycles. The molecule has 128 valence electrons. The van der Waals surface area contributed by atoms with Crippen LogP contribution in [0, 0.1) is 0 Å². The number of nitrogens with one attached hydrogen (secondary N) is 1. The highest BCUT2D eigenvalue weighted by Crippen LogP contribution is 2.18. The Morgan fingerprint density at radius 2 is 2.13 bits per heavy atom. The Balaban J connectivity index is 1.62. The van der Waals surface area contributed by atoms with Gasteiger partial charge in [-0.15, -0.1) is 0 Å². The van der Waals surface area contributed by atoms with Gasteiger partial charge in [-0.3, -0.25) is 9.69 Å². The summed E-state index contributed by atoms with van der Waals surface area (Å²) in [5.41, 5.74) is 1.29. The van der Waals surface area contributed by atoms with E-state index in [0.29, 0.717) is 32.2 Å². The summed E-state index contributed by atoms with van der Waals surface area (Å²) in [6.45, 7) is 7.07. The Labute approximate surface area is 138 Å². The predicted octanol–water partition coefficient (Wildman–Crippen LogP) is 1.76. The molecule has 1 unspecified atom stereocenters. The fourth-order valence-corrected chi connectivity index (χ4v) is 2.74. The molecular weight excluding hydrogens is 292 g/mol. The molecule has 1 aromatic rings. The van der Waals surface area contributed by atoms with Crippen molar-refractivity contribution in [1.82, 2.24) is 10.2 Å². The Kier molecular flexibility index (Phi) is 6.86. The Morgan fingerprint density at radius 1 is 1.39 bits per heavy atom. The number of aliphatic hydroxyl groups is 1. The van der Waals surface area contributed by atoms with Crippen molar-refractivity contribution in [1.29, 1.82) is 0 Å². The van der Waals surface area contributed by atoms with E-state index in [4.69, 9.17) is 4.74 Å². The molecule has 1 heterocycles. The monoisotopic (exact) mass is 320 g/mol. The maximum absolute atomic E-state index is 11.9. The first kappa shape index (κ1) is 17.8. The van der Waals surface area contributed by atoms with Gasteiger partial charge in [0.1, 0.15) is 12.4 Å². The topological polar surface area (TPSA) is 61.8 Å².